The van der Waals surface area contributed by atoms with Crippen molar-refractivity contribution in [1.82, 2.24) is 0 Å². The number of benzene rings is 1. The summed E-state index contributed by atoms with van der Waals surface area (Å²) >= 11 is 0. The van der Waals surface area contributed by atoms with Crippen LogP contribution < -0.4 is 4.74 Å². The maximum atomic E-state index is 12.5. The van der Waals surface area contributed by atoms with Crippen LogP contribution in [0.1, 0.15) is 63.4 Å². The highest BCUT2D eigenvalue weighted by atomic mass is 16.5. The van der Waals surface area contributed by atoms with E-state index in [2.05, 4.69) is 6.08 Å². The van der Waals surface area contributed by atoms with Crippen LogP contribution >= 0.6 is 0 Å². The van der Waals surface area contributed by atoms with Gasteiger partial charge < -0.3 is 14.9 Å². The predicted octanol–water partition coefficient (Wildman–Crippen LogP) is 4.85. The predicted molar refractivity (Wildman–Crippen MR) is 95.7 cm³/mol. The number of ether oxygens (including phenoxy) is 1. The Balaban J connectivity index is 2.45. The molecule has 0 spiro atoms. The highest BCUT2D eigenvalue weighted by Crippen LogP contribution is 2.45. The van der Waals surface area contributed by atoms with Crippen LogP contribution in [-0.4, -0.2) is 21.6 Å². The fourth-order valence-corrected chi connectivity index (χ4v) is 2.75. The van der Waals surface area contributed by atoms with E-state index in [-0.39, 0.29) is 34.5 Å². The molecule has 1 aromatic rings. The first-order valence-electron chi connectivity index (χ1n) is 8.29. The molecule has 4 heteroatoms. The van der Waals surface area contributed by atoms with Gasteiger partial charge in [-0.3, -0.25) is 4.79 Å². The normalized spacial score (nSPS) is 18.9. The Morgan fingerprint density at radius 3 is 2.54 bits per heavy atom. The number of phenols is 2. The number of rotatable bonds is 5. The van der Waals surface area contributed by atoms with Gasteiger partial charge in [0, 0.05) is 12.0 Å². The largest absolute Gasteiger partial charge is 0.507 e. The van der Waals surface area contributed by atoms with Gasteiger partial charge in [-0.1, -0.05) is 25.5 Å². The van der Waals surface area contributed by atoms with E-state index in [0.29, 0.717) is 5.56 Å². The molecular weight excluding hydrogens is 304 g/mol. The smallest absolute Gasteiger partial charge is 0.172 e. The van der Waals surface area contributed by atoms with Crippen LogP contribution in [0.2, 0.25) is 0 Å². The lowest BCUT2D eigenvalue weighted by Gasteiger charge is -2.33. The Morgan fingerprint density at radius 2 is 1.96 bits per heavy atom. The number of hydrogen-bond acceptors (Lipinski definition) is 4. The third kappa shape index (κ3) is 3.64. The van der Waals surface area contributed by atoms with Gasteiger partial charge in [0.05, 0.1) is 5.56 Å². The molecule has 0 saturated heterocycles. The summed E-state index contributed by atoms with van der Waals surface area (Å²) in [4.78, 5) is 12.5. The van der Waals surface area contributed by atoms with E-state index in [1.807, 2.05) is 26.8 Å². The van der Waals surface area contributed by atoms with Crippen LogP contribution in [0.4, 0.5) is 0 Å². The second kappa shape index (κ2) is 6.71. The molecule has 130 valence electrons. The van der Waals surface area contributed by atoms with Crippen molar-refractivity contribution in [3.63, 3.8) is 0 Å². The van der Waals surface area contributed by atoms with E-state index in [0.717, 1.165) is 12.8 Å². The average Bonchev–Trinajstić information content (AvgIpc) is 2.45. The van der Waals surface area contributed by atoms with Gasteiger partial charge in [0.15, 0.2) is 5.78 Å². The number of carbonyl (C=O) groups excluding carboxylic acids is 1. The topological polar surface area (TPSA) is 66.8 Å². The van der Waals surface area contributed by atoms with Gasteiger partial charge in [-0.15, -0.1) is 0 Å². The van der Waals surface area contributed by atoms with Crippen molar-refractivity contribution in [2.45, 2.75) is 53.1 Å². The molecule has 1 aliphatic rings. The minimum absolute atomic E-state index is 0.0922. The van der Waals surface area contributed by atoms with Crippen molar-refractivity contribution in [2.24, 2.45) is 5.92 Å². The van der Waals surface area contributed by atoms with Gasteiger partial charge in [0.2, 0.25) is 0 Å². The molecular formula is C20H26O4. The van der Waals surface area contributed by atoms with Crippen molar-refractivity contribution < 1.29 is 19.7 Å². The number of Topliss-reactive ketones (excluding diaryl/α,β-unsaturated/α-hetero) is 1. The Morgan fingerprint density at radius 1 is 1.29 bits per heavy atom. The van der Waals surface area contributed by atoms with E-state index >= 15 is 0 Å². The first-order valence-corrected chi connectivity index (χ1v) is 8.29. The van der Waals surface area contributed by atoms with Gasteiger partial charge in [-0.05, 0) is 45.8 Å². The quantitative estimate of drug-likeness (QED) is 0.598. The van der Waals surface area contributed by atoms with Crippen LogP contribution in [0.3, 0.4) is 0 Å². The molecule has 1 atom stereocenters. The molecule has 0 aromatic heterocycles. The molecule has 1 aromatic carbocycles. The first kappa shape index (κ1) is 18.1. The molecule has 1 unspecified atom stereocenters. The zero-order chi connectivity index (χ0) is 18.1. The lowest BCUT2D eigenvalue weighted by atomic mass is 9.90. The van der Waals surface area contributed by atoms with E-state index in [9.17, 15) is 15.0 Å². The first-order chi connectivity index (χ1) is 11.1. The highest BCUT2D eigenvalue weighted by Gasteiger charge is 2.33. The van der Waals surface area contributed by atoms with Crippen molar-refractivity contribution >= 4 is 11.9 Å². The third-order valence-corrected chi connectivity index (χ3v) is 4.18. The van der Waals surface area contributed by atoms with Gasteiger partial charge in [0.1, 0.15) is 28.4 Å². The van der Waals surface area contributed by atoms with E-state index in [1.54, 1.807) is 19.9 Å². The summed E-state index contributed by atoms with van der Waals surface area (Å²) in [5.74, 6) is -0.549. The summed E-state index contributed by atoms with van der Waals surface area (Å²) in [5.41, 5.74) is 1.24. The van der Waals surface area contributed by atoms with Gasteiger partial charge in [-0.2, -0.15) is 0 Å². The number of aromatic hydroxyl groups is 2. The van der Waals surface area contributed by atoms with Crippen LogP contribution in [0.15, 0.2) is 23.8 Å². The number of carbonyl (C=O) groups is 1. The van der Waals surface area contributed by atoms with Gasteiger partial charge >= 0.3 is 0 Å². The van der Waals surface area contributed by atoms with Crippen LogP contribution in [0, 0.1) is 5.92 Å². The number of ketones is 1. The number of fused-ring (bicyclic) bond motifs is 1. The fraction of sp³-hybridized carbons (Fsp3) is 0.450. The monoisotopic (exact) mass is 330 g/mol. The van der Waals surface area contributed by atoms with E-state index in [4.69, 9.17) is 4.74 Å². The second-order valence-electron chi connectivity index (χ2n) is 7.12. The van der Waals surface area contributed by atoms with Gasteiger partial charge in [-0.25, -0.2) is 0 Å². The van der Waals surface area contributed by atoms with Crippen molar-refractivity contribution in [3.05, 3.63) is 34.9 Å². The summed E-state index contributed by atoms with van der Waals surface area (Å²) in [6.45, 7) is 9.58. The molecule has 0 bridgehead atoms. The molecule has 24 heavy (non-hydrogen) atoms. The molecule has 0 saturated carbocycles. The van der Waals surface area contributed by atoms with Crippen LogP contribution in [0.25, 0.3) is 6.08 Å². The molecule has 2 N–H and O–H groups in total. The summed E-state index contributed by atoms with van der Waals surface area (Å²) in [5, 5.41) is 20.3. The molecule has 1 heterocycles. The maximum Gasteiger partial charge on any atom is 0.172 e. The van der Waals surface area contributed by atoms with Crippen molar-refractivity contribution in [2.75, 3.05) is 0 Å². The molecule has 1 aliphatic heterocycles. The average molecular weight is 330 g/mol. The van der Waals surface area contributed by atoms with E-state index in [1.165, 1.54) is 11.6 Å². The minimum atomic E-state index is -0.592. The van der Waals surface area contributed by atoms with Gasteiger partial charge in [0.25, 0.3) is 0 Å². The molecule has 0 radical (unpaired) electrons. The zero-order valence-electron chi connectivity index (χ0n) is 15.0. The molecule has 2 rings (SSSR count). The Bertz CT molecular complexity index is 709. The van der Waals surface area contributed by atoms with Crippen LogP contribution in [0.5, 0.6) is 17.2 Å². The number of phenolic OH excluding ortho intramolecular Hbond substituents is 2. The lowest BCUT2D eigenvalue weighted by molar-refractivity contribution is 0.0912. The summed E-state index contributed by atoms with van der Waals surface area (Å²) in [7, 11) is 0. The fourth-order valence-electron chi connectivity index (χ4n) is 2.75. The summed E-state index contributed by atoms with van der Waals surface area (Å²) in [6.07, 6.45) is 7.39. The SMILES string of the molecule is CC(C)=CCCC1(C)C=Cc2c(O)cc(O)c(C(=O)C(C)C)c2O1. The Hall–Kier alpha value is -2.23. The molecule has 4 nitrogen and oxygen atoms in total. The summed E-state index contributed by atoms with van der Waals surface area (Å²) in [6, 6.07) is 1.20. The molecule has 0 fully saturated rings. The number of hydrogen-bond donors (Lipinski definition) is 2. The van der Waals surface area contributed by atoms with E-state index < -0.39 is 5.60 Å². The van der Waals surface area contributed by atoms with Crippen LogP contribution in [-0.2, 0) is 0 Å². The minimum Gasteiger partial charge on any atom is -0.507 e. The maximum absolute atomic E-state index is 12.5. The Kier molecular flexibility index (Phi) is 5.07. The van der Waals surface area contributed by atoms with Crippen molar-refractivity contribution in [3.8, 4) is 17.2 Å². The highest BCUT2D eigenvalue weighted by molar-refractivity contribution is 6.04. The molecule has 0 amide bonds. The zero-order valence-corrected chi connectivity index (χ0v) is 15.0. The molecule has 0 aliphatic carbocycles. The third-order valence-electron chi connectivity index (χ3n) is 4.18. The summed E-state index contributed by atoms with van der Waals surface area (Å²) < 4.78 is 6.11. The second-order valence-corrected chi connectivity index (χ2v) is 7.12. The van der Waals surface area contributed by atoms with Crippen molar-refractivity contribution in [1.29, 1.82) is 0 Å². The Labute approximate surface area is 143 Å². The number of allylic oxidation sites excluding steroid dienone is 2. The lowest BCUT2D eigenvalue weighted by Crippen LogP contribution is -2.32. The standard InChI is InChI=1S/C20H26O4/c1-12(2)7-6-9-20(5)10-8-14-15(21)11-16(22)17(19(14)24-20)18(23)13(3)4/h7-8,10-11,13,21-22H,6,9H2,1-5H3.